The third-order valence-corrected chi connectivity index (χ3v) is 5.27. The van der Waals surface area contributed by atoms with Crippen molar-refractivity contribution in [3.8, 4) is 0 Å². The number of benzene rings is 1. The fourth-order valence-electron chi connectivity index (χ4n) is 4.08. The van der Waals surface area contributed by atoms with Gasteiger partial charge in [-0.3, -0.25) is 0 Å². The molecular weight excluding hydrogens is 240 g/mol. The third kappa shape index (κ3) is 3.45. The monoisotopic (exact) mass is 272 g/mol. The molecule has 1 atom stereocenters. The molecule has 0 nitrogen and oxygen atoms in total. The molecule has 0 aromatic heterocycles. The van der Waals surface area contributed by atoms with Crippen molar-refractivity contribution in [1.29, 1.82) is 0 Å². The SMILES string of the molecule is CCCC(CC)c1cc(C)c(C2CCCCC2)cc1C. The van der Waals surface area contributed by atoms with Crippen molar-refractivity contribution in [3.05, 3.63) is 34.4 Å². The highest BCUT2D eigenvalue weighted by Crippen LogP contribution is 2.37. The fourth-order valence-corrected chi connectivity index (χ4v) is 4.08. The Bertz CT molecular complexity index is 393. The summed E-state index contributed by atoms with van der Waals surface area (Å²) in [6.07, 6.45) is 11.0. The number of rotatable bonds is 5. The zero-order chi connectivity index (χ0) is 14.5. The smallest absolute Gasteiger partial charge is 0.0159 e. The van der Waals surface area contributed by atoms with Gasteiger partial charge in [-0.15, -0.1) is 0 Å². The molecule has 1 fully saturated rings. The normalized spacial score (nSPS) is 18.2. The van der Waals surface area contributed by atoms with E-state index >= 15 is 0 Å². The molecule has 1 aromatic rings. The highest BCUT2D eigenvalue weighted by Gasteiger charge is 2.20. The number of hydrogen-bond donors (Lipinski definition) is 0. The predicted molar refractivity (Wildman–Crippen MR) is 89.7 cm³/mol. The summed E-state index contributed by atoms with van der Waals surface area (Å²) in [7, 11) is 0. The molecule has 0 amide bonds. The first kappa shape index (κ1) is 15.6. The van der Waals surface area contributed by atoms with Crippen molar-refractivity contribution in [3.63, 3.8) is 0 Å². The molecule has 0 N–H and O–H groups in total. The summed E-state index contributed by atoms with van der Waals surface area (Å²) < 4.78 is 0. The lowest BCUT2D eigenvalue weighted by molar-refractivity contribution is 0.442. The minimum Gasteiger partial charge on any atom is -0.0654 e. The minimum absolute atomic E-state index is 0.763. The molecule has 1 aromatic carbocycles. The summed E-state index contributed by atoms with van der Waals surface area (Å²) in [6.45, 7) is 9.32. The molecule has 0 heteroatoms. The lowest BCUT2D eigenvalue weighted by Crippen LogP contribution is -2.09. The van der Waals surface area contributed by atoms with Crippen molar-refractivity contribution in [2.75, 3.05) is 0 Å². The van der Waals surface area contributed by atoms with E-state index in [9.17, 15) is 0 Å². The Kier molecular flexibility index (Phi) is 5.69. The van der Waals surface area contributed by atoms with E-state index in [2.05, 4.69) is 39.8 Å². The highest BCUT2D eigenvalue weighted by molar-refractivity contribution is 5.41. The topological polar surface area (TPSA) is 0 Å². The Hall–Kier alpha value is -0.780. The highest BCUT2D eigenvalue weighted by atomic mass is 14.2. The second kappa shape index (κ2) is 7.29. The maximum atomic E-state index is 2.53. The molecule has 1 aliphatic carbocycles. The summed E-state index contributed by atoms with van der Waals surface area (Å²) in [5.41, 5.74) is 6.35. The van der Waals surface area contributed by atoms with Crippen LogP contribution in [0.15, 0.2) is 12.1 Å². The van der Waals surface area contributed by atoms with Crippen LogP contribution in [-0.2, 0) is 0 Å². The second-order valence-corrected chi connectivity index (χ2v) is 6.79. The first-order valence-electron chi connectivity index (χ1n) is 8.78. The van der Waals surface area contributed by atoms with Gasteiger partial charge in [0.2, 0.25) is 0 Å². The van der Waals surface area contributed by atoms with Gasteiger partial charge >= 0.3 is 0 Å². The van der Waals surface area contributed by atoms with Crippen LogP contribution < -0.4 is 0 Å². The van der Waals surface area contributed by atoms with E-state index in [1.165, 1.54) is 56.9 Å². The summed E-state index contributed by atoms with van der Waals surface area (Å²) in [4.78, 5) is 0. The van der Waals surface area contributed by atoms with Gasteiger partial charge in [0, 0.05) is 0 Å². The molecule has 1 aliphatic rings. The van der Waals surface area contributed by atoms with Crippen molar-refractivity contribution >= 4 is 0 Å². The van der Waals surface area contributed by atoms with Gasteiger partial charge in [0.15, 0.2) is 0 Å². The second-order valence-electron chi connectivity index (χ2n) is 6.79. The van der Waals surface area contributed by atoms with E-state index < -0.39 is 0 Å². The molecule has 0 spiro atoms. The molecule has 0 radical (unpaired) electrons. The Morgan fingerprint density at radius 3 is 2.30 bits per heavy atom. The Morgan fingerprint density at radius 1 is 1.00 bits per heavy atom. The van der Waals surface area contributed by atoms with E-state index in [0.29, 0.717) is 0 Å². The summed E-state index contributed by atoms with van der Waals surface area (Å²) in [5, 5.41) is 0. The third-order valence-electron chi connectivity index (χ3n) is 5.27. The number of hydrogen-bond acceptors (Lipinski definition) is 0. The molecule has 0 heterocycles. The van der Waals surface area contributed by atoms with Crippen LogP contribution in [0.1, 0.15) is 99.3 Å². The van der Waals surface area contributed by atoms with Crippen LogP contribution in [0.3, 0.4) is 0 Å². The van der Waals surface area contributed by atoms with Gasteiger partial charge in [0.25, 0.3) is 0 Å². The Balaban J connectivity index is 2.27. The van der Waals surface area contributed by atoms with E-state index in [4.69, 9.17) is 0 Å². The van der Waals surface area contributed by atoms with Crippen LogP contribution in [0.4, 0.5) is 0 Å². The molecule has 2 rings (SSSR count). The van der Waals surface area contributed by atoms with Crippen LogP contribution in [0.2, 0.25) is 0 Å². The fraction of sp³-hybridized carbons (Fsp3) is 0.700. The van der Waals surface area contributed by atoms with Crippen LogP contribution in [0.5, 0.6) is 0 Å². The van der Waals surface area contributed by atoms with Gasteiger partial charge in [0.1, 0.15) is 0 Å². The van der Waals surface area contributed by atoms with Crippen molar-refractivity contribution < 1.29 is 0 Å². The van der Waals surface area contributed by atoms with Crippen molar-refractivity contribution in [1.82, 2.24) is 0 Å². The van der Waals surface area contributed by atoms with E-state index in [1.54, 1.807) is 16.7 Å². The van der Waals surface area contributed by atoms with Gasteiger partial charge < -0.3 is 0 Å². The van der Waals surface area contributed by atoms with Crippen LogP contribution in [-0.4, -0.2) is 0 Å². The average molecular weight is 272 g/mol. The quantitative estimate of drug-likeness (QED) is 0.563. The zero-order valence-corrected chi connectivity index (χ0v) is 14.0. The molecule has 1 saturated carbocycles. The molecule has 20 heavy (non-hydrogen) atoms. The van der Waals surface area contributed by atoms with E-state index in [1.807, 2.05) is 0 Å². The standard InChI is InChI=1S/C20H32/c1-5-10-17(6-2)19-13-16(4)20(14-15(19)3)18-11-8-7-9-12-18/h13-14,17-18H,5-12H2,1-4H3. The average Bonchev–Trinajstić information content (AvgIpc) is 2.48. The van der Waals surface area contributed by atoms with E-state index in [-0.39, 0.29) is 0 Å². The largest absolute Gasteiger partial charge is 0.0654 e. The zero-order valence-electron chi connectivity index (χ0n) is 14.0. The minimum atomic E-state index is 0.763. The van der Waals surface area contributed by atoms with Gasteiger partial charge in [-0.2, -0.15) is 0 Å². The summed E-state index contributed by atoms with van der Waals surface area (Å²) in [6, 6.07) is 5.04. The van der Waals surface area contributed by atoms with Crippen LogP contribution >= 0.6 is 0 Å². The lowest BCUT2D eigenvalue weighted by atomic mass is 9.79. The number of aryl methyl sites for hydroxylation is 2. The maximum Gasteiger partial charge on any atom is -0.0159 e. The van der Waals surface area contributed by atoms with Crippen LogP contribution in [0.25, 0.3) is 0 Å². The van der Waals surface area contributed by atoms with Gasteiger partial charge in [-0.05, 0) is 73.6 Å². The molecular formula is C20H32. The van der Waals surface area contributed by atoms with Crippen LogP contribution in [0, 0.1) is 13.8 Å². The molecule has 112 valence electrons. The molecule has 1 unspecified atom stereocenters. The maximum absolute atomic E-state index is 2.53. The first-order chi connectivity index (χ1) is 9.67. The van der Waals surface area contributed by atoms with Crippen molar-refractivity contribution in [2.24, 2.45) is 0 Å². The molecule has 0 bridgehead atoms. The first-order valence-corrected chi connectivity index (χ1v) is 8.78. The van der Waals surface area contributed by atoms with Gasteiger partial charge in [-0.1, -0.05) is 51.7 Å². The Morgan fingerprint density at radius 2 is 1.70 bits per heavy atom. The van der Waals surface area contributed by atoms with Crippen molar-refractivity contribution in [2.45, 2.75) is 90.9 Å². The van der Waals surface area contributed by atoms with E-state index in [0.717, 1.165) is 11.8 Å². The van der Waals surface area contributed by atoms with Gasteiger partial charge in [0.05, 0.1) is 0 Å². The summed E-state index contributed by atoms with van der Waals surface area (Å²) in [5.74, 6) is 1.60. The summed E-state index contributed by atoms with van der Waals surface area (Å²) >= 11 is 0. The van der Waals surface area contributed by atoms with Gasteiger partial charge in [-0.25, -0.2) is 0 Å². The predicted octanol–water partition coefficient (Wildman–Crippen LogP) is 6.64. The lowest BCUT2D eigenvalue weighted by Gasteiger charge is -2.26. The molecule has 0 saturated heterocycles. The Labute approximate surface area is 126 Å². The molecule has 0 aliphatic heterocycles.